The van der Waals surface area contributed by atoms with Crippen LogP contribution >= 0.6 is 11.6 Å². The van der Waals surface area contributed by atoms with E-state index in [9.17, 15) is 4.79 Å². The van der Waals surface area contributed by atoms with E-state index in [-0.39, 0.29) is 17.9 Å². The SMILES string of the molecule is CCNCC1CCN(C(=O)C2CNNC2c2cccc(Cl)c2)CC1. The molecule has 2 fully saturated rings. The molecule has 1 aromatic rings. The quantitative estimate of drug-likeness (QED) is 0.759. The molecule has 0 spiro atoms. The fourth-order valence-corrected chi connectivity index (χ4v) is 3.88. The Balaban J connectivity index is 1.60. The molecule has 2 aliphatic rings. The van der Waals surface area contributed by atoms with E-state index in [0.717, 1.165) is 44.6 Å². The minimum absolute atomic E-state index is 0.0179. The largest absolute Gasteiger partial charge is 0.342 e. The van der Waals surface area contributed by atoms with Gasteiger partial charge in [0.05, 0.1) is 12.0 Å². The summed E-state index contributed by atoms with van der Waals surface area (Å²) in [6.45, 7) is 6.61. The van der Waals surface area contributed by atoms with Crippen LogP contribution in [-0.2, 0) is 4.79 Å². The number of likely N-dealkylation sites (tertiary alicyclic amines) is 1. The average Bonchev–Trinajstić information content (AvgIpc) is 3.09. The molecule has 3 N–H and O–H groups in total. The number of carbonyl (C=O) groups is 1. The molecule has 6 heteroatoms. The number of amides is 1. The van der Waals surface area contributed by atoms with E-state index < -0.39 is 0 Å². The topological polar surface area (TPSA) is 56.4 Å². The smallest absolute Gasteiger partial charge is 0.229 e. The van der Waals surface area contributed by atoms with Gasteiger partial charge in [-0.2, -0.15) is 0 Å². The van der Waals surface area contributed by atoms with Crippen LogP contribution in [0.2, 0.25) is 5.02 Å². The second kappa shape index (κ2) is 8.30. The van der Waals surface area contributed by atoms with Crippen molar-refractivity contribution in [3.05, 3.63) is 34.9 Å². The van der Waals surface area contributed by atoms with Crippen molar-refractivity contribution in [3.63, 3.8) is 0 Å². The van der Waals surface area contributed by atoms with E-state index in [1.165, 1.54) is 0 Å². The van der Waals surface area contributed by atoms with Crippen LogP contribution in [0.15, 0.2) is 24.3 Å². The van der Waals surface area contributed by atoms with E-state index >= 15 is 0 Å². The molecule has 2 unspecified atom stereocenters. The zero-order valence-electron chi connectivity index (χ0n) is 14.2. The van der Waals surface area contributed by atoms with E-state index in [1.807, 2.05) is 29.2 Å². The molecule has 1 amide bonds. The van der Waals surface area contributed by atoms with Gasteiger partial charge < -0.3 is 10.2 Å². The first-order valence-electron chi connectivity index (χ1n) is 8.92. The number of hydrogen-bond acceptors (Lipinski definition) is 4. The lowest BCUT2D eigenvalue weighted by Crippen LogP contribution is -2.45. The average molecular weight is 351 g/mol. The molecule has 0 aliphatic carbocycles. The monoisotopic (exact) mass is 350 g/mol. The van der Waals surface area contributed by atoms with Crippen molar-refractivity contribution in [2.75, 3.05) is 32.7 Å². The van der Waals surface area contributed by atoms with Crippen molar-refractivity contribution in [2.45, 2.75) is 25.8 Å². The highest BCUT2D eigenvalue weighted by Crippen LogP contribution is 2.29. The molecule has 0 bridgehead atoms. The number of rotatable bonds is 5. The fourth-order valence-electron chi connectivity index (χ4n) is 3.68. The van der Waals surface area contributed by atoms with E-state index in [2.05, 4.69) is 23.1 Å². The number of halogens is 1. The summed E-state index contributed by atoms with van der Waals surface area (Å²) < 4.78 is 0. The number of hydrazine groups is 1. The van der Waals surface area contributed by atoms with Gasteiger partial charge in [0.25, 0.3) is 0 Å². The number of benzene rings is 1. The van der Waals surface area contributed by atoms with Crippen LogP contribution < -0.4 is 16.2 Å². The Hall–Kier alpha value is -1.14. The predicted octanol–water partition coefficient (Wildman–Crippen LogP) is 1.95. The Kier molecular flexibility index (Phi) is 6.11. The summed E-state index contributed by atoms with van der Waals surface area (Å²) in [7, 11) is 0. The minimum atomic E-state index is -0.0752. The molecular formula is C18H27ClN4O. The van der Waals surface area contributed by atoms with Crippen molar-refractivity contribution < 1.29 is 4.79 Å². The van der Waals surface area contributed by atoms with Gasteiger partial charge in [-0.3, -0.25) is 10.2 Å². The molecule has 0 saturated carbocycles. The maximum absolute atomic E-state index is 13.0. The van der Waals surface area contributed by atoms with E-state index in [0.29, 0.717) is 17.5 Å². The first-order valence-corrected chi connectivity index (χ1v) is 9.30. The lowest BCUT2D eigenvalue weighted by molar-refractivity contribution is -0.136. The number of hydrogen-bond donors (Lipinski definition) is 3. The summed E-state index contributed by atoms with van der Waals surface area (Å²) in [5.74, 6) is 0.866. The molecule has 2 atom stereocenters. The molecule has 0 radical (unpaired) electrons. The van der Waals surface area contributed by atoms with Crippen LogP contribution in [0.1, 0.15) is 31.4 Å². The van der Waals surface area contributed by atoms with Crippen LogP contribution in [-0.4, -0.2) is 43.5 Å². The van der Waals surface area contributed by atoms with Gasteiger partial charge in [-0.05, 0) is 49.5 Å². The summed E-state index contributed by atoms with van der Waals surface area (Å²) in [6.07, 6.45) is 2.18. The summed E-state index contributed by atoms with van der Waals surface area (Å²) >= 11 is 6.11. The number of nitrogens with zero attached hydrogens (tertiary/aromatic N) is 1. The van der Waals surface area contributed by atoms with Crippen LogP contribution in [0.3, 0.4) is 0 Å². The van der Waals surface area contributed by atoms with Gasteiger partial charge in [-0.25, -0.2) is 5.43 Å². The molecule has 24 heavy (non-hydrogen) atoms. The molecule has 132 valence electrons. The van der Waals surface area contributed by atoms with Crippen LogP contribution in [0, 0.1) is 11.8 Å². The summed E-state index contributed by atoms with van der Waals surface area (Å²) in [6, 6.07) is 7.75. The summed E-state index contributed by atoms with van der Waals surface area (Å²) in [4.78, 5) is 15.0. The Morgan fingerprint density at radius 1 is 1.38 bits per heavy atom. The van der Waals surface area contributed by atoms with Gasteiger partial charge in [-0.1, -0.05) is 30.7 Å². The highest BCUT2D eigenvalue weighted by Gasteiger charge is 2.37. The lowest BCUT2D eigenvalue weighted by Gasteiger charge is -2.34. The predicted molar refractivity (Wildman–Crippen MR) is 96.7 cm³/mol. The number of carbonyl (C=O) groups excluding carboxylic acids is 1. The standard InChI is InChI=1S/C18H27ClN4O/c1-2-20-11-13-6-8-23(9-7-13)18(24)16-12-21-22-17(16)14-4-3-5-15(19)10-14/h3-5,10,13,16-17,20-22H,2,6-9,11-12H2,1H3. The third kappa shape index (κ3) is 4.09. The van der Waals surface area contributed by atoms with Gasteiger partial charge >= 0.3 is 0 Å². The molecule has 1 aromatic carbocycles. The van der Waals surface area contributed by atoms with Crippen molar-refractivity contribution >= 4 is 17.5 Å². The fraction of sp³-hybridized carbons (Fsp3) is 0.611. The molecular weight excluding hydrogens is 324 g/mol. The van der Waals surface area contributed by atoms with Crippen LogP contribution in [0.5, 0.6) is 0 Å². The third-order valence-electron chi connectivity index (χ3n) is 5.12. The third-order valence-corrected chi connectivity index (χ3v) is 5.35. The summed E-state index contributed by atoms with van der Waals surface area (Å²) in [5, 5.41) is 4.12. The summed E-state index contributed by atoms with van der Waals surface area (Å²) in [5.41, 5.74) is 7.45. The Bertz CT molecular complexity index is 560. The van der Waals surface area contributed by atoms with Gasteiger partial charge in [0, 0.05) is 24.7 Å². The lowest BCUT2D eigenvalue weighted by atomic mass is 9.91. The highest BCUT2D eigenvalue weighted by molar-refractivity contribution is 6.30. The van der Waals surface area contributed by atoms with Gasteiger partial charge in [0.15, 0.2) is 0 Å². The second-order valence-electron chi connectivity index (χ2n) is 6.74. The molecule has 2 aliphatic heterocycles. The molecule has 5 nitrogen and oxygen atoms in total. The zero-order chi connectivity index (χ0) is 16.9. The van der Waals surface area contributed by atoms with E-state index in [4.69, 9.17) is 11.6 Å². The van der Waals surface area contributed by atoms with Gasteiger partial charge in [0.1, 0.15) is 0 Å². The molecule has 2 heterocycles. The van der Waals surface area contributed by atoms with Crippen molar-refractivity contribution in [2.24, 2.45) is 11.8 Å². The Morgan fingerprint density at radius 3 is 2.88 bits per heavy atom. The molecule has 2 saturated heterocycles. The van der Waals surface area contributed by atoms with Crippen LogP contribution in [0.4, 0.5) is 0 Å². The van der Waals surface area contributed by atoms with Crippen LogP contribution in [0.25, 0.3) is 0 Å². The molecule has 0 aromatic heterocycles. The van der Waals surface area contributed by atoms with Crippen molar-refractivity contribution in [1.82, 2.24) is 21.1 Å². The number of nitrogens with one attached hydrogen (secondary N) is 3. The Morgan fingerprint density at radius 2 is 2.17 bits per heavy atom. The zero-order valence-corrected chi connectivity index (χ0v) is 15.0. The van der Waals surface area contributed by atoms with E-state index in [1.54, 1.807) is 0 Å². The first-order chi connectivity index (χ1) is 11.7. The maximum atomic E-state index is 13.0. The first kappa shape index (κ1) is 17.7. The Labute approximate surface area is 149 Å². The maximum Gasteiger partial charge on any atom is 0.229 e. The van der Waals surface area contributed by atoms with Crippen molar-refractivity contribution in [3.8, 4) is 0 Å². The second-order valence-corrected chi connectivity index (χ2v) is 7.18. The van der Waals surface area contributed by atoms with Gasteiger partial charge in [0.2, 0.25) is 5.91 Å². The minimum Gasteiger partial charge on any atom is -0.342 e. The van der Waals surface area contributed by atoms with Crippen molar-refractivity contribution in [1.29, 1.82) is 0 Å². The highest BCUT2D eigenvalue weighted by atomic mass is 35.5. The number of piperidine rings is 1. The van der Waals surface area contributed by atoms with Gasteiger partial charge in [-0.15, -0.1) is 0 Å². The normalized spacial score (nSPS) is 25.2. The molecule has 3 rings (SSSR count).